The van der Waals surface area contributed by atoms with Gasteiger partial charge in [-0.15, -0.1) is 11.3 Å². The third kappa shape index (κ3) is 3.62. The maximum absolute atomic E-state index is 5.97. The topological polar surface area (TPSA) is 26.0 Å². The minimum Gasteiger partial charge on any atom is -0.303 e. The molecule has 0 bridgehead atoms. The summed E-state index contributed by atoms with van der Waals surface area (Å²) in [5, 5.41) is 7.54. The molecule has 0 unspecified atom stereocenters. The fourth-order valence-corrected chi connectivity index (χ4v) is 3.82. The van der Waals surface area contributed by atoms with Gasteiger partial charge in [0.15, 0.2) is 10.6 Å². The van der Waals surface area contributed by atoms with Gasteiger partial charge in [0.05, 0.1) is 6.67 Å². The Morgan fingerprint density at radius 2 is 1.96 bits per heavy atom. The van der Waals surface area contributed by atoms with Crippen molar-refractivity contribution in [1.29, 1.82) is 0 Å². The molecule has 2 aromatic heterocycles. The minimum atomic E-state index is 0.650. The van der Waals surface area contributed by atoms with E-state index < -0.39 is 0 Å². The molecule has 4 nitrogen and oxygen atoms in total. The summed E-state index contributed by atoms with van der Waals surface area (Å²) in [7, 11) is 4.02. The van der Waals surface area contributed by atoms with E-state index >= 15 is 0 Å². The lowest BCUT2D eigenvalue weighted by atomic mass is 10.2. The van der Waals surface area contributed by atoms with Crippen LogP contribution in [0.2, 0.25) is 5.02 Å². The van der Waals surface area contributed by atoms with Crippen molar-refractivity contribution in [3.63, 3.8) is 0 Å². The van der Waals surface area contributed by atoms with E-state index in [0.29, 0.717) is 16.5 Å². The van der Waals surface area contributed by atoms with Gasteiger partial charge in [0.1, 0.15) is 0 Å². The van der Waals surface area contributed by atoms with E-state index in [4.69, 9.17) is 28.9 Å². The first-order chi connectivity index (χ1) is 11.5. The first-order valence-electron chi connectivity index (χ1n) is 7.57. The zero-order valence-electron chi connectivity index (χ0n) is 13.9. The second-order valence-electron chi connectivity index (χ2n) is 5.85. The first kappa shape index (κ1) is 17.4. The average Bonchev–Trinajstić information content (AvgIpc) is 3.07. The molecule has 3 aromatic rings. The summed E-state index contributed by atoms with van der Waals surface area (Å²) < 4.78 is 4.50. The van der Waals surface area contributed by atoms with Crippen molar-refractivity contribution in [2.75, 3.05) is 7.05 Å². The average molecular weight is 379 g/mol. The van der Waals surface area contributed by atoms with E-state index in [2.05, 4.69) is 30.3 Å². The second-order valence-corrected chi connectivity index (χ2v) is 7.66. The molecule has 0 aliphatic heterocycles. The highest BCUT2D eigenvalue weighted by Crippen LogP contribution is 2.21. The maximum Gasteiger partial charge on any atom is 0.199 e. The highest BCUT2D eigenvalue weighted by atomic mass is 35.5. The van der Waals surface area contributed by atoms with Gasteiger partial charge in [-0.1, -0.05) is 11.6 Å². The van der Waals surface area contributed by atoms with Gasteiger partial charge in [0, 0.05) is 29.1 Å². The lowest BCUT2D eigenvalue weighted by Gasteiger charge is -2.15. The van der Waals surface area contributed by atoms with Gasteiger partial charge in [-0.05, 0) is 67.5 Å². The largest absolute Gasteiger partial charge is 0.303 e. The Balaban J connectivity index is 1.82. The zero-order valence-corrected chi connectivity index (χ0v) is 16.3. The summed E-state index contributed by atoms with van der Waals surface area (Å²) >= 11 is 13.3. The summed E-state index contributed by atoms with van der Waals surface area (Å²) in [6, 6.07) is 9.80. The van der Waals surface area contributed by atoms with Crippen molar-refractivity contribution in [3.05, 3.63) is 55.9 Å². The Kier molecular flexibility index (Phi) is 5.20. The van der Waals surface area contributed by atoms with Crippen LogP contribution in [0.3, 0.4) is 0 Å². The number of aryl methyl sites for hydroxylation is 1. The van der Waals surface area contributed by atoms with Crippen molar-refractivity contribution in [2.45, 2.75) is 20.1 Å². The van der Waals surface area contributed by atoms with Crippen molar-refractivity contribution in [3.8, 4) is 11.4 Å². The Labute approximate surface area is 155 Å². The van der Waals surface area contributed by atoms with Gasteiger partial charge in [-0.25, -0.2) is 4.68 Å². The van der Waals surface area contributed by atoms with Crippen molar-refractivity contribution < 1.29 is 0 Å². The minimum absolute atomic E-state index is 0.650. The quantitative estimate of drug-likeness (QED) is 0.600. The third-order valence-corrected chi connectivity index (χ3v) is 5.64. The number of halogens is 1. The van der Waals surface area contributed by atoms with Gasteiger partial charge in [-0.3, -0.25) is 4.90 Å². The molecule has 0 fully saturated rings. The van der Waals surface area contributed by atoms with Crippen LogP contribution >= 0.6 is 35.2 Å². The SMILES string of the molecule is Cc1ccsc1CN(C)Cn1nc(-c2ccc(Cl)cc2)n(C)c1=S. The van der Waals surface area contributed by atoms with E-state index in [1.807, 2.05) is 40.6 Å². The molecule has 0 aliphatic rings. The van der Waals surface area contributed by atoms with Crippen LogP contribution in [0.4, 0.5) is 0 Å². The van der Waals surface area contributed by atoms with E-state index in [-0.39, 0.29) is 0 Å². The summed E-state index contributed by atoms with van der Waals surface area (Å²) in [6.45, 7) is 3.68. The van der Waals surface area contributed by atoms with E-state index in [0.717, 1.165) is 17.9 Å². The molecule has 0 amide bonds. The molecule has 1 aromatic carbocycles. The number of thiophene rings is 1. The Hall–Kier alpha value is -1.47. The van der Waals surface area contributed by atoms with E-state index in [1.54, 1.807) is 11.3 Å². The molecule has 7 heteroatoms. The third-order valence-electron chi connectivity index (χ3n) is 3.90. The summed E-state index contributed by atoms with van der Waals surface area (Å²) in [6.07, 6.45) is 0. The van der Waals surface area contributed by atoms with Gasteiger partial charge < -0.3 is 4.57 Å². The molecule has 0 aliphatic carbocycles. The fraction of sp³-hybridized carbons (Fsp3) is 0.294. The monoisotopic (exact) mass is 378 g/mol. The number of aromatic nitrogens is 3. The fourth-order valence-electron chi connectivity index (χ4n) is 2.52. The van der Waals surface area contributed by atoms with Gasteiger partial charge in [0.25, 0.3) is 0 Å². The molecule has 3 rings (SSSR count). The summed E-state index contributed by atoms with van der Waals surface area (Å²) in [5.74, 6) is 0.845. The number of rotatable bonds is 5. The van der Waals surface area contributed by atoms with Gasteiger partial charge in [0.2, 0.25) is 0 Å². The number of benzene rings is 1. The second kappa shape index (κ2) is 7.19. The van der Waals surface area contributed by atoms with Crippen LogP contribution in [0.5, 0.6) is 0 Å². The predicted molar refractivity (Wildman–Crippen MR) is 103 cm³/mol. The lowest BCUT2D eigenvalue weighted by molar-refractivity contribution is 0.245. The molecule has 0 atom stereocenters. The molecule has 0 N–H and O–H groups in total. The first-order valence-corrected chi connectivity index (χ1v) is 9.23. The molecule has 0 spiro atoms. The summed E-state index contributed by atoms with van der Waals surface area (Å²) in [5.41, 5.74) is 2.34. The van der Waals surface area contributed by atoms with E-state index in [9.17, 15) is 0 Å². The molecule has 0 saturated heterocycles. The van der Waals surface area contributed by atoms with Crippen LogP contribution in [0.1, 0.15) is 10.4 Å². The standard InChI is InChI=1S/C17H19ClN4S2/c1-12-8-9-24-15(12)10-20(2)11-22-17(23)21(3)16(19-22)13-4-6-14(18)7-5-13/h4-9H,10-11H2,1-3H3. The number of nitrogens with zero attached hydrogens (tertiary/aromatic N) is 4. The Morgan fingerprint density at radius 1 is 1.25 bits per heavy atom. The maximum atomic E-state index is 5.97. The zero-order chi connectivity index (χ0) is 17.3. The molecular formula is C17H19ClN4S2. The molecule has 0 radical (unpaired) electrons. The molecule has 126 valence electrons. The highest BCUT2D eigenvalue weighted by Gasteiger charge is 2.12. The van der Waals surface area contributed by atoms with Crippen molar-refractivity contribution in [1.82, 2.24) is 19.2 Å². The highest BCUT2D eigenvalue weighted by molar-refractivity contribution is 7.71. The lowest BCUT2D eigenvalue weighted by Crippen LogP contribution is -2.22. The normalized spacial score (nSPS) is 11.4. The van der Waals surface area contributed by atoms with Crippen LogP contribution in [0.15, 0.2) is 35.7 Å². The van der Waals surface area contributed by atoms with E-state index in [1.165, 1.54) is 10.4 Å². The van der Waals surface area contributed by atoms with Crippen LogP contribution in [-0.4, -0.2) is 26.3 Å². The van der Waals surface area contributed by atoms with Gasteiger partial charge in [-0.2, -0.15) is 5.10 Å². The Morgan fingerprint density at radius 3 is 2.58 bits per heavy atom. The molecule has 0 saturated carbocycles. The van der Waals surface area contributed by atoms with Crippen LogP contribution < -0.4 is 0 Å². The van der Waals surface area contributed by atoms with Crippen LogP contribution in [0, 0.1) is 11.7 Å². The molecular weight excluding hydrogens is 360 g/mol. The van der Waals surface area contributed by atoms with Crippen molar-refractivity contribution in [2.24, 2.45) is 7.05 Å². The number of hydrogen-bond acceptors (Lipinski definition) is 4. The predicted octanol–water partition coefficient (Wildman–Crippen LogP) is 4.73. The molecule has 2 heterocycles. The van der Waals surface area contributed by atoms with Gasteiger partial charge >= 0.3 is 0 Å². The number of hydrogen-bond donors (Lipinski definition) is 0. The van der Waals surface area contributed by atoms with Crippen LogP contribution in [0.25, 0.3) is 11.4 Å². The summed E-state index contributed by atoms with van der Waals surface area (Å²) in [4.78, 5) is 3.59. The molecule has 24 heavy (non-hydrogen) atoms. The Bertz CT molecular complexity index is 892. The smallest absolute Gasteiger partial charge is 0.199 e. The van der Waals surface area contributed by atoms with Crippen LogP contribution in [-0.2, 0) is 20.3 Å². The van der Waals surface area contributed by atoms with Crippen molar-refractivity contribution >= 4 is 35.2 Å².